The molecule has 2 aliphatic rings. The highest BCUT2D eigenvalue weighted by atomic mass is 16.8. The van der Waals surface area contributed by atoms with Crippen molar-refractivity contribution in [3.63, 3.8) is 0 Å². The van der Waals surface area contributed by atoms with E-state index in [-0.39, 0.29) is 24.8 Å². The molecule has 1 aromatic carbocycles. The van der Waals surface area contributed by atoms with Crippen molar-refractivity contribution < 1.29 is 33.2 Å². The van der Waals surface area contributed by atoms with Gasteiger partial charge in [0.25, 0.3) is 0 Å². The third kappa shape index (κ3) is 3.25. The van der Waals surface area contributed by atoms with Gasteiger partial charge in [-0.2, -0.15) is 0 Å². The van der Waals surface area contributed by atoms with Gasteiger partial charge in [-0.25, -0.2) is 0 Å². The molecular formula is C17H22O7. The molecule has 0 aliphatic carbocycles. The van der Waals surface area contributed by atoms with Crippen LogP contribution < -0.4 is 4.74 Å². The average molecular weight is 338 g/mol. The highest BCUT2D eigenvalue weighted by molar-refractivity contribution is 5.66. The van der Waals surface area contributed by atoms with Crippen molar-refractivity contribution in [2.24, 2.45) is 0 Å². The first kappa shape index (κ1) is 17.2. The molecule has 7 nitrogen and oxygen atoms in total. The van der Waals surface area contributed by atoms with Crippen LogP contribution in [0.1, 0.15) is 12.5 Å². The van der Waals surface area contributed by atoms with Crippen molar-refractivity contribution in [2.45, 2.75) is 37.6 Å². The Morgan fingerprint density at radius 3 is 2.67 bits per heavy atom. The van der Waals surface area contributed by atoms with Crippen LogP contribution in [0.2, 0.25) is 0 Å². The molecule has 1 aromatic rings. The van der Waals surface area contributed by atoms with Crippen LogP contribution in [0.25, 0.3) is 0 Å². The standard InChI is InChI=1S/C17H22O7/c1-11(18)22-9-17-10-23-14(16(20-3)24-17)15(17)21-8-12-4-6-13(19-2)7-5-12/h4-7,14-16H,8-10H2,1-3H3/t14-,15+,16+,17+/m1/s1. The molecular weight excluding hydrogens is 316 g/mol. The first-order valence-electron chi connectivity index (χ1n) is 7.78. The second-order valence-electron chi connectivity index (χ2n) is 5.92. The summed E-state index contributed by atoms with van der Waals surface area (Å²) in [7, 11) is 3.18. The van der Waals surface area contributed by atoms with Crippen LogP contribution in [0.3, 0.4) is 0 Å². The quantitative estimate of drug-likeness (QED) is 0.694. The number of esters is 1. The molecule has 0 radical (unpaired) electrons. The van der Waals surface area contributed by atoms with Crippen LogP contribution in [-0.4, -0.2) is 57.5 Å². The summed E-state index contributed by atoms with van der Waals surface area (Å²) in [5, 5.41) is 0. The summed E-state index contributed by atoms with van der Waals surface area (Å²) in [5.74, 6) is 0.420. The maximum atomic E-state index is 11.2. The molecule has 0 saturated carbocycles. The Kier molecular flexibility index (Phi) is 5.05. The lowest BCUT2D eigenvalue weighted by Gasteiger charge is -2.30. The highest BCUT2D eigenvalue weighted by Crippen LogP contribution is 2.42. The molecule has 2 heterocycles. The van der Waals surface area contributed by atoms with Gasteiger partial charge in [0.05, 0.1) is 20.3 Å². The molecule has 0 unspecified atom stereocenters. The third-order valence-corrected chi connectivity index (χ3v) is 4.30. The lowest BCUT2D eigenvalue weighted by atomic mass is 10.00. The Labute approximate surface area is 140 Å². The fourth-order valence-corrected chi connectivity index (χ4v) is 3.05. The molecule has 3 rings (SSSR count). The lowest BCUT2D eigenvalue weighted by molar-refractivity contribution is -0.244. The zero-order chi connectivity index (χ0) is 17.2. The van der Waals surface area contributed by atoms with E-state index in [1.165, 1.54) is 6.92 Å². The summed E-state index contributed by atoms with van der Waals surface area (Å²) in [6, 6.07) is 7.62. The fourth-order valence-electron chi connectivity index (χ4n) is 3.05. The van der Waals surface area contributed by atoms with E-state index in [0.29, 0.717) is 13.2 Å². The molecule has 132 valence electrons. The van der Waals surface area contributed by atoms with Gasteiger partial charge in [-0.05, 0) is 17.7 Å². The fraction of sp³-hybridized carbons (Fsp3) is 0.588. The van der Waals surface area contributed by atoms with Gasteiger partial charge in [0, 0.05) is 14.0 Å². The van der Waals surface area contributed by atoms with E-state index in [1.807, 2.05) is 24.3 Å². The molecule has 0 aromatic heterocycles. The summed E-state index contributed by atoms with van der Waals surface area (Å²) in [5.41, 5.74) is 0.169. The summed E-state index contributed by atoms with van der Waals surface area (Å²) in [6.07, 6.45) is -1.25. The van der Waals surface area contributed by atoms with E-state index >= 15 is 0 Å². The SMILES string of the molecule is COc1ccc(CO[C@H]2[C@H]3OC[C@]2(COC(C)=O)O[C@@H]3OC)cc1. The molecule has 0 N–H and O–H groups in total. The summed E-state index contributed by atoms with van der Waals surface area (Å²) < 4.78 is 33.3. The smallest absolute Gasteiger partial charge is 0.302 e. The lowest BCUT2D eigenvalue weighted by Crippen LogP contribution is -2.46. The number of ether oxygens (including phenoxy) is 6. The summed E-state index contributed by atoms with van der Waals surface area (Å²) >= 11 is 0. The molecule has 2 bridgehead atoms. The Bertz CT molecular complexity index is 573. The Balaban J connectivity index is 1.68. The van der Waals surface area contributed by atoms with Crippen LogP contribution in [-0.2, 0) is 35.1 Å². The Morgan fingerprint density at radius 2 is 2.04 bits per heavy atom. The van der Waals surface area contributed by atoms with Crippen molar-refractivity contribution >= 4 is 5.97 Å². The van der Waals surface area contributed by atoms with E-state index in [2.05, 4.69) is 0 Å². The average Bonchev–Trinajstić information content (AvgIpc) is 3.10. The van der Waals surface area contributed by atoms with Gasteiger partial charge in [-0.15, -0.1) is 0 Å². The number of fused-ring (bicyclic) bond motifs is 2. The minimum atomic E-state index is -0.830. The van der Waals surface area contributed by atoms with Gasteiger partial charge in [0.15, 0.2) is 11.9 Å². The normalized spacial score (nSPS) is 31.2. The van der Waals surface area contributed by atoms with Crippen LogP contribution in [0.15, 0.2) is 24.3 Å². The van der Waals surface area contributed by atoms with Gasteiger partial charge in [0.2, 0.25) is 0 Å². The van der Waals surface area contributed by atoms with E-state index < -0.39 is 11.9 Å². The number of carbonyl (C=O) groups is 1. The predicted molar refractivity (Wildman–Crippen MR) is 82.6 cm³/mol. The number of methoxy groups -OCH3 is 2. The van der Waals surface area contributed by atoms with Gasteiger partial charge in [-0.3, -0.25) is 4.79 Å². The van der Waals surface area contributed by atoms with Gasteiger partial charge in [0.1, 0.15) is 24.6 Å². The number of carbonyl (C=O) groups excluding carboxylic acids is 1. The van der Waals surface area contributed by atoms with Gasteiger partial charge >= 0.3 is 5.97 Å². The number of rotatable bonds is 7. The first-order chi connectivity index (χ1) is 11.6. The van der Waals surface area contributed by atoms with Crippen molar-refractivity contribution in [2.75, 3.05) is 27.4 Å². The molecule has 7 heteroatoms. The van der Waals surface area contributed by atoms with E-state index in [4.69, 9.17) is 28.4 Å². The van der Waals surface area contributed by atoms with Crippen LogP contribution >= 0.6 is 0 Å². The van der Waals surface area contributed by atoms with E-state index in [0.717, 1.165) is 11.3 Å². The number of benzene rings is 1. The zero-order valence-electron chi connectivity index (χ0n) is 14.0. The number of hydrogen-bond donors (Lipinski definition) is 0. The molecule has 4 atom stereocenters. The minimum absolute atomic E-state index is 0.0754. The van der Waals surface area contributed by atoms with Crippen LogP contribution in [0.4, 0.5) is 0 Å². The Hall–Kier alpha value is -1.67. The second kappa shape index (κ2) is 7.06. The largest absolute Gasteiger partial charge is 0.497 e. The van der Waals surface area contributed by atoms with E-state index in [1.54, 1.807) is 14.2 Å². The maximum Gasteiger partial charge on any atom is 0.302 e. The maximum absolute atomic E-state index is 11.2. The van der Waals surface area contributed by atoms with Gasteiger partial charge in [-0.1, -0.05) is 12.1 Å². The van der Waals surface area contributed by atoms with Crippen LogP contribution in [0, 0.1) is 0 Å². The molecule has 2 saturated heterocycles. The molecule has 0 amide bonds. The van der Waals surface area contributed by atoms with Gasteiger partial charge < -0.3 is 28.4 Å². The molecule has 24 heavy (non-hydrogen) atoms. The molecule has 0 spiro atoms. The monoisotopic (exact) mass is 338 g/mol. The van der Waals surface area contributed by atoms with Crippen molar-refractivity contribution in [1.29, 1.82) is 0 Å². The zero-order valence-corrected chi connectivity index (χ0v) is 14.0. The molecule has 2 fully saturated rings. The first-order valence-corrected chi connectivity index (χ1v) is 7.78. The summed E-state index contributed by atoms with van der Waals surface area (Å²) in [4.78, 5) is 11.2. The third-order valence-electron chi connectivity index (χ3n) is 4.30. The Morgan fingerprint density at radius 1 is 1.29 bits per heavy atom. The predicted octanol–water partition coefficient (Wildman–Crippen LogP) is 1.28. The van der Waals surface area contributed by atoms with Crippen molar-refractivity contribution in [3.05, 3.63) is 29.8 Å². The minimum Gasteiger partial charge on any atom is -0.497 e. The van der Waals surface area contributed by atoms with Crippen LogP contribution in [0.5, 0.6) is 5.75 Å². The molecule has 2 aliphatic heterocycles. The topological polar surface area (TPSA) is 72.5 Å². The number of hydrogen-bond acceptors (Lipinski definition) is 7. The summed E-state index contributed by atoms with van der Waals surface area (Å²) in [6.45, 7) is 2.13. The highest BCUT2D eigenvalue weighted by Gasteiger charge is 2.63. The van der Waals surface area contributed by atoms with Crippen molar-refractivity contribution in [1.82, 2.24) is 0 Å². The van der Waals surface area contributed by atoms with Crippen molar-refractivity contribution in [3.8, 4) is 5.75 Å². The second-order valence-corrected chi connectivity index (χ2v) is 5.92. The van der Waals surface area contributed by atoms with E-state index in [9.17, 15) is 4.79 Å².